The third-order valence-corrected chi connectivity index (χ3v) is 4.06. The van der Waals surface area contributed by atoms with E-state index in [1.54, 1.807) is 17.0 Å². The van der Waals surface area contributed by atoms with Crippen LogP contribution in [0.15, 0.2) is 12.1 Å². The molecule has 0 saturated carbocycles. The van der Waals surface area contributed by atoms with Crippen molar-refractivity contribution in [2.45, 2.75) is 18.6 Å². The van der Waals surface area contributed by atoms with E-state index in [1.807, 2.05) is 0 Å². The number of likely N-dealkylation sites (tertiary alicyclic amines) is 1. The lowest BCUT2D eigenvalue weighted by Crippen LogP contribution is -2.51. The van der Waals surface area contributed by atoms with Gasteiger partial charge in [0, 0.05) is 13.0 Å². The second-order valence-corrected chi connectivity index (χ2v) is 5.66. The number of nitrogens with zero attached hydrogens (tertiary/aromatic N) is 2. The molecule has 20 heavy (non-hydrogen) atoms. The first-order chi connectivity index (χ1) is 9.60. The minimum Gasteiger partial charge on any atom is -0.346 e. The molecule has 0 unspecified atom stereocenters. The van der Waals surface area contributed by atoms with Crippen LogP contribution in [-0.4, -0.2) is 47.9 Å². The molecule has 0 aromatic carbocycles. The Morgan fingerprint density at radius 2 is 2.05 bits per heavy atom. The Bertz CT molecular complexity index is 532. The molecule has 0 bridgehead atoms. The van der Waals surface area contributed by atoms with Gasteiger partial charge in [0.2, 0.25) is 0 Å². The Labute approximate surface area is 126 Å². The van der Waals surface area contributed by atoms with Gasteiger partial charge in [-0.2, -0.15) is 0 Å². The molecule has 3 rings (SSSR count). The highest BCUT2D eigenvalue weighted by Gasteiger charge is 2.42. The number of pyridine rings is 1. The van der Waals surface area contributed by atoms with E-state index >= 15 is 0 Å². The second-order valence-electron chi connectivity index (χ2n) is 4.91. The van der Waals surface area contributed by atoms with Crippen LogP contribution in [0.5, 0.6) is 0 Å². The number of amides is 1. The van der Waals surface area contributed by atoms with Gasteiger partial charge >= 0.3 is 0 Å². The third-order valence-electron chi connectivity index (χ3n) is 3.56. The molecule has 0 N–H and O–H groups in total. The smallest absolute Gasteiger partial charge is 0.257 e. The first-order valence-corrected chi connectivity index (χ1v) is 7.24. The van der Waals surface area contributed by atoms with E-state index < -0.39 is 5.79 Å². The highest BCUT2D eigenvalue weighted by Crippen LogP contribution is 2.31. The summed E-state index contributed by atoms with van der Waals surface area (Å²) in [7, 11) is 0. The number of ether oxygens (including phenoxy) is 2. The number of piperidine rings is 1. The standard InChI is InChI=1S/C13H14Cl2N2O3/c14-10-3-2-9(11(15)16-10)12(18)17-5-1-4-13(8-17)19-6-7-20-13/h2-3H,1,4-8H2. The summed E-state index contributed by atoms with van der Waals surface area (Å²) in [5.74, 6) is -0.808. The van der Waals surface area contributed by atoms with Gasteiger partial charge in [-0.1, -0.05) is 23.2 Å². The molecule has 2 aliphatic rings. The number of carbonyl (C=O) groups is 1. The number of hydrogen-bond acceptors (Lipinski definition) is 4. The molecule has 7 heteroatoms. The number of carbonyl (C=O) groups excluding carboxylic acids is 1. The fourth-order valence-corrected chi connectivity index (χ4v) is 3.06. The fourth-order valence-electron chi connectivity index (χ4n) is 2.64. The lowest BCUT2D eigenvalue weighted by molar-refractivity contribution is -0.183. The Kier molecular flexibility index (Phi) is 3.86. The Morgan fingerprint density at radius 3 is 2.75 bits per heavy atom. The summed E-state index contributed by atoms with van der Waals surface area (Å²) in [6, 6.07) is 3.15. The Balaban J connectivity index is 1.79. The molecule has 0 radical (unpaired) electrons. The van der Waals surface area contributed by atoms with Crippen LogP contribution < -0.4 is 0 Å². The number of halogens is 2. The molecule has 2 aliphatic heterocycles. The highest BCUT2D eigenvalue weighted by atomic mass is 35.5. The average molecular weight is 317 g/mol. The summed E-state index contributed by atoms with van der Waals surface area (Å²) in [5, 5.41) is 0.388. The van der Waals surface area contributed by atoms with Crippen LogP contribution in [0.4, 0.5) is 0 Å². The van der Waals surface area contributed by atoms with E-state index in [0.29, 0.717) is 31.9 Å². The largest absolute Gasteiger partial charge is 0.346 e. The summed E-state index contributed by atoms with van der Waals surface area (Å²) < 4.78 is 11.3. The normalized spacial score (nSPS) is 21.4. The van der Waals surface area contributed by atoms with Crippen molar-refractivity contribution in [2.75, 3.05) is 26.3 Å². The van der Waals surface area contributed by atoms with Crippen LogP contribution in [0.3, 0.4) is 0 Å². The van der Waals surface area contributed by atoms with Crippen molar-refractivity contribution in [3.05, 3.63) is 28.0 Å². The van der Waals surface area contributed by atoms with Gasteiger partial charge in [0.1, 0.15) is 10.3 Å². The molecular formula is C13H14Cl2N2O3. The Hall–Kier alpha value is -0.880. The van der Waals surface area contributed by atoms with Crippen LogP contribution in [0.2, 0.25) is 10.3 Å². The zero-order chi connectivity index (χ0) is 14.2. The number of rotatable bonds is 1. The fraction of sp³-hybridized carbons (Fsp3) is 0.538. The monoisotopic (exact) mass is 316 g/mol. The quantitative estimate of drug-likeness (QED) is 0.746. The molecule has 2 saturated heterocycles. The van der Waals surface area contributed by atoms with Gasteiger partial charge in [0.25, 0.3) is 5.91 Å². The van der Waals surface area contributed by atoms with Crippen molar-refractivity contribution in [1.29, 1.82) is 0 Å². The molecule has 1 spiro atoms. The molecule has 2 fully saturated rings. The Morgan fingerprint density at radius 1 is 1.30 bits per heavy atom. The summed E-state index contributed by atoms with van der Waals surface area (Å²) in [6.45, 7) is 2.23. The minimum absolute atomic E-state index is 0.121. The van der Waals surface area contributed by atoms with Gasteiger partial charge < -0.3 is 14.4 Å². The van der Waals surface area contributed by atoms with Crippen molar-refractivity contribution >= 4 is 29.1 Å². The number of aromatic nitrogens is 1. The van der Waals surface area contributed by atoms with Crippen molar-refractivity contribution in [3.63, 3.8) is 0 Å². The predicted molar refractivity (Wildman–Crippen MR) is 74.0 cm³/mol. The van der Waals surface area contributed by atoms with Gasteiger partial charge in [-0.15, -0.1) is 0 Å². The van der Waals surface area contributed by atoms with E-state index in [2.05, 4.69) is 4.98 Å². The molecule has 0 aliphatic carbocycles. The molecule has 5 nitrogen and oxygen atoms in total. The molecule has 1 aromatic heterocycles. The minimum atomic E-state index is -0.639. The second kappa shape index (κ2) is 5.48. The van der Waals surface area contributed by atoms with Gasteiger partial charge in [-0.05, 0) is 18.6 Å². The first-order valence-electron chi connectivity index (χ1n) is 6.49. The van der Waals surface area contributed by atoms with Crippen LogP contribution in [-0.2, 0) is 9.47 Å². The molecule has 1 aromatic rings. The summed E-state index contributed by atoms with van der Waals surface area (Å²) in [5.41, 5.74) is 0.353. The third kappa shape index (κ3) is 2.63. The SMILES string of the molecule is O=C(c1ccc(Cl)nc1Cl)N1CCCC2(C1)OCCO2. The highest BCUT2D eigenvalue weighted by molar-refractivity contribution is 6.34. The summed E-state index contributed by atoms with van der Waals surface area (Å²) in [4.78, 5) is 18.1. The first kappa shape index (κ1) is 14.1. The zero-order valence-electron chi connectivity index (χ0n) is 10.8. The molecular weight excluding hydrogens is 303 g/mol. The average Bonchev–Trinajstić information content (AvgIpc) is 2.86. The number of hydrogen-bond donors (Lipinski definition) is 0. The summed E-state index contributed by atoms with van der Waals surface area (Å²) in [6.07, 6.45) is 1.65. The van der Waals surface area contributed by atoms with Gasteiger partial charge in [-0.3, -0.25) is 4.79 Å². The molecule has 0 atom stereocenters. The zero-order valence-corrected chi connectivity index (χ0v) is 12.3. The lowest BCUT2D eigenvalue weighted by Gasteiger charge is -2.38. The van der Waals surface area contributed by atoms with Crippen molar-refractivity contribution in [1.82, 2.24) is 9.88 Å². The van der Waals surface area contributed by atoms with E-state index in [0.717, 1.165) is 12.8 Å². The van der Waals surface area contributed by atoms with Crippen LogP contribution >= 0.6 is 23.2 Å². The van der Waals surface area contributed by atoms with E-state index in [1.165, 1.54) is 0 Å². The van der Waals surface area contributed by atoms with Crippen LogP contribution in [0.1, 0.15) is 23.2 Å². The lowest BCUT2D eigenvalue weighted by atomic mass is 10.0. The van der Waals surface area contributed by atoms with E-state index in [4.69, 9.17) is 32.7 Å². The predicted octanol–water partition coefficient (Wildman–Crippen LogP) is 2.37. The van der Waals surface area contributed by atoms with Gasteiger partial charge in [0.05, 0.1) is 25.3 Å². The van der Waals surface area contributed by atoms with Gasteiger partial charge in [-0.25, -0.2) is 4.98 Å². The molecule has 108 valence electrons. The van der Waals surface area contributed by atoms with Gasteiger partial charge in [0.15, 0.2) is 5.79 Å². The van der Waals surface area contributed by atoms with Crippen molar-refractivity contribution in [3.8, 4) is 0 Å². The van der Waals surface area contributed by atoms with E-state index in [9.17, 15) is 4.79 Å². The van der Waals surface area contributed by atoms with Crippen molar-refractivity contribution in [2.24, 2.45) is 0 Å². The van der Waals surface area contributed by atoms with Crippen LogP contribution in [0, 0.1) is 0 Å². The maximum absolute atomic E-state index is 12.5. The van der Waals surface area contributed by atoms with Crippen molar-refractivity contribution < 1.29 is 14.3 Å². The van der Waals surface area contributed by atoms with E-state index in [-0.39, 0.29) is 16.2 Å². The maximum atomic E-state index is 12.5. The summed E-state index contributed by atoms with van der Waals surface area (Å²) >= 11 is 11.7. The maximum Gasteiger partial charge on any atom is 0.257 e. The molecule has 1 amide bonds. The topological polar surface area (TPSA) is 51.7 Å². The molecule has 3 heterocycles. The van der Waals surface area contributed by atoms with Crippen LogP contribution in [0.25, 0.3) is 0 Å².